The zero-order valence-electron chi connectivity index (χ0n) is 13.1. The minimum absolute atomic E-state index is 0.621. The molecule has 1 heterocycles. The molecule has 0 saturated carbocycles. The molecule has 0 spiro atoms. The normalized spacial score (nSPS) is 10.9. The Balaban J connectivity index is 2.24. The quantitative estimate of drug-likeness (QED) is 0.823. The van der Waals surface area contributed by atoms with Crippen molar-refractivity contribution in [2.75, 3.05) is 20.8 Å². The summed E-state index contributed by atoms with van der Waals surface area (Å²) in [6, 6.07) is 5.78. The number of nitrogens with zero attached hydrogens (tertiary/aromatic N) is 1. The van der Waals surface area contributed by atoms with Crippen LogP contribution in [0.15, 0.2) is 24.4 Å². The van der Waals surface area contributed by atoms with E-state index in [1.54, 1.807) is 14.2 Å². The van der Waals surface area contributed by atoms with Crippen LogP contribution in [0.5, 0.6) is 11.5 Å². The lowest BCUT2D eigenvalue weighted by atomic mass is 10.1. The van der Waals surface area contributed by atoms with Gasteiger partial charge in [-0.15, -0.1) is 0 Å². The third-order valence-electron chi connectivity index (χ3n) is 3.26. The van der Waals surface area contributed by atoms with Crippen LogP contribution in [0.4, 0.5) is 0 Å². The number of methoxy groups -OCH3 is 2. The predicted molar refractivity (Wildman–Crippen MR) is 83.7 cm³/mol. The summed E-state index contributed by atoms with van der Waals surface area (Å²) in [5.74, 6) is 2.16. The molecule has 2 rings (SSSR count). The highest BCUT2D eigenvalue weighted by molar-refractivity contribution is 5.70. The van der Waals surface area contributed by atoms with Gasteiger partial charge >= 0.3 is 0 Å². The van der Waals surface area contributed by atoms with Gasteiger partial charge in [0.25, 0.3) is 0 Å². The molecule has 0 unspecified atom stereocenters. The summed E-state index contributed by atoms with van der Waals surface area (Å²) in [4.78, 5) is 0. The largest absolute Gasteiger partial charge is 0.497 e. The molecule has 0 atom stereocenters. The molecule has 0 bridgehead atoms. The van der Waals surface area contributed by atoms with E-state index in [9.17, 15) is 0 Å². The fourth-order valence-electron chi connectivity index (χ4n) is 2.18. The van der Waals surface area contributed by atoms with Gasteiger partial charge in [0, 0.05) is 23.7 Å². The monoisotopic (exact) mass is 289 g/mol. The van der Waals surface area contributed by atoms with Gasteiger partial charge in [-0.3, -0.25) is 5.10 Å². The average molecular weight is 289 g/mol. The Morgan fingerprint density at radius 3 is 2.71 bits per heavy atom. The van der Waals surface area contributed by atoms with Gasteiger partial charge < -0.3 is 14.8 Å². The van der Waals surface area contributed by atoms with Gasteiger partial charge in [0.1, 0.15) is 11.5 Å². The van der Waals surface area contributed by atoms with E-state index in [4.69, 9.17) is 9.47 Å². The minimum Gasteiger partial charge on any atom is -0.497 e. The molecule has 0 aliphatic heterocycles. The average Bonchev–Trinajstić information content (AvgIpc) is 2.94. The zero-order valence-corrected chi connectivity index (χ0v) is 13.1. The molecule has 0 radical (unpaired) electrons. The number of benzene rings is 1. The number of rotatable bonds is 7. The third-order valence-corrected chi connectivity index (χ3v) is 3.26. The van der Waals surface area contributed by atoms with Gasteiger partial charge in [0.05, 0.1) is 26.1 Å². The fourth-order valence-corrected chi connectivity index (χ4v) is 2.18. The molecule has 0 aliphatic carbocycles. The standard InChI is InChI=1S/C16H23N3O2/c1-11(2)8-17-9-12-10-18-19-16(12)14-6-5-13(20-3)7-15(14)21-4/h5-7,10-11,17H,8-9H2,1-4H3,(H,18,19). The Bertz CT molecular complexity index is 579. The fraction of sp³-hybridized carbons (Fsp3) is 0.438. The summed E-state index contributed by atoms with van der Waals surface area (Å²) in [7, 11) is 3.30. The van der Waals surface area contributed by atoms with Gasteiger partial charge in [-0.2, -0.15) is 5.10 Å². The first-order valence-corrected chi connectivity index (χ1v) is 7.11. The van der Waals surface area contributed by atoms with Crippen LogP contribution in [0.1, 0.15) is 19.4 Å². The maximum atomic E-state index is 5.46. The van der Waals surface area contributed by atoms with Crippen molar-refractivity contribution in [1.82, 2.24) is 15.5 Å². The van der Waals surface area contributed by atoms with Crippen LogP contribution in [0.2, 0.25) is 0 Å². The summed E-state index contributed by atoms with van der Waals surface area (Å²) in [5.41, 5.74) is 3.09. The molecule has 114 valence electrons. The maximum Gasteiger partial charge on any atom is 0.131 e. The van der Waals surface area contributed by atoms with Gasteiger partial charge in [-0.1, -0.05) is 13.8 Å². The van der Waals surface area contributed by atoms with E-state index in [1.807, 2.05) is 24.4 Å². The van der Waals surface area contributed by atoms with Crippen molar-refractivity contribution in [2.24, 2.45) is 5.92 Å². The molecule has 5 nitrogen and oxygen atoms in total. The highest BCUT2D eigenvalue weighted by Crippen LogP contribution is 2.33. The van der Waals surface area contributed by atoms with E-state index < -0.39 is 0 Å². The molecule has 0 amide bonds. The number of aromatic amines is 1. The molecule has 2 aromatic rings. The second-order valence-electron chi connectivity index (χ2n) is 5.36. The van der Waals surface area contributed by atoms with E-state index in [2.05, 4.69) is 29.4 Å². The molecular formula is C16H23N3O2. The topological polar surface area (TPSA) is 59.2 Å². The van der Waals surface area contributed by atoms with E-state index in [0.29, 0.717) is 5.92 Å². The van der Waals surface area contributed by atoms with E-state index in [1.165, 1.54) is 0 Å². The summed E-state index contributed by atoms with van der Waals surface area (Å²) in [5, 5.41) is 10.7. The lowest BCUT2D eigenvalue weighted by Crippen LogP contribution is -2.19. The second-order valence-corrected chi connectivity index (χ2v) is 5.36. The van der Waals surface area contributed by atoms with Crippen molar-refractivity contribution in [2.45, 2.75) is 20.4 Å². The molecule has 21 heavy (non-hydrogen) atoms. The third kappa shape index (κ3) is 3.76. The molecule has 1 aromatic carbocycles. The van der Waals surface area contributed by atoms with Crippen LogP contribution < -0.4 is 14.8 Å². The Hall–Kier alpha value is -2.01. The van der Waals surface area contributed by atoms with Crippen molar-refractivity contribution in [1.29, 1.82) is 0 Å². The number of ether oxygens (including phenoxy) is 2. The van der Waals surface area contributed by atoms with Crippen LogP contribution in [0, 0.1) is 5.92 Å². The molecule has 2 N–H and O–H groups in total. The van der Waals surface area contributed by atoms with Crippen LogP contribution in [0.25, 0.3) is 11.3 Å². The van der Waals surface area contributed by atoms with Gasteiger partial charge in [-0.25, -0.2) is 0 Å². The molecular weight excluding hydrogens is 266 g/mol. The van der Waals surface area contributed by atoms with E-state index >= 15 is 0 Å². The summed E-state index contributed by atoms with van der Waals surface area (Å²) < 4.78 is 10.7. The SMILES string of the molecule is COc1ccc(-c2[nH]ncc2CNCC(C)C)c(OC)c1. The first kappa shape index (κ1) is 15.4. The zero-order chi connectivity index (χ0) is 15.2. The van der Waals surface area contributed by atoms with Gasteiger partial charge in [-0.05, 0) is 24.6 Å². The molecule has 1 aromatic heterocycles. The van der Waals surface area contributed by atoms with Gasteiger partial charge in [0.15, 0.2) is 0 Å². The lowest BCUT2D eigenvalue weighted by molar-refractivity contribution is 0.395. The van der Waals surface area contributed by atoms with Crippen LogP contribution in [-0.2, 0) is 6.54 Å². The van der Waals surface area contributed by atoms with Crippen molar-refractivity contribution < 1.29 is 9.47 Å². The smallest absolute Gasteiger partial charge is 0.131 e. The number of H-pyrrole nitrogens is 1. The molecule has 0 saturated heterocycles. The predicted octanol–water partition coefficient (Wildman–Crippen LogP) is 2.84. The summed E-state index contributed by atoms with van der Waals surface area (Å²) in [6.45, 7) is 6.13. The Kier molecular flexibility index (Phi) is 5.22. The van der Waals surface area contributed by atoms with Crippen molar-refractivity contribution in [3.63, 3.8) is 0 Å². The Morgan fingerprint density at radius 1 is 1.24 bits per heavy atom. The van der Waals surface area contributed by atoms with E-state index in [0.717, 1.165) is 41.4 Å². The Morgan fingerprint density at radius 2 is 2.05 bits per heavy atom. The number of hydrogen-bond donors (Lipinski definition) is 2. The van der Waals surface area contributed by atoms with Gasteiger partial charge in [0.2, 0.25) is 0 Å². The van der Waals surface area contributed by atoms with Crippen molar-refractivity contribution in [3.8, 4) is 22.8 Å². The minimum atomic E-state index is 0.621. The molecule has 5 heteroatoms. The first-order chi connectivity index (χ1) is 10.2. The highest BCUT2D eigenvalue weighted by Gasteiger charge is 2.13. The van der Waals surface area contributed by atoms with Crippen LogP contribution >= 0.6 is 0 Å². The number of aromatic nitrogens is 2. The van der Waals surface area contributed by atoms with Crippen molar-refractivity contribution in [3.05, 3.63) is 30.0 Å². The summed E-state index contributed by atoms with van der Waals surface area (Å²) in [6.07, 6.45) is 1.85. The highest BCUT2D eigenvalue weighted by atomic mass is 16.5. The van der Waals surface area contributed by atoms with Crippen LogP contribution in [-0.4, -0.2) is 31.0 Å². The van der Waals surface area contributed by atoms with Crippen molar-refractivity contribution >= 4 is 0 Å². The number of nitrogens with one attached hydrogen (secondary N) is 2. The first-order valence-electron chi connectivity index (χ1n) is 7.11. The number of hydrogen-bond acceptors (Lipinski definition) is 4. The lowest BCUT2D eigenvalue weighted by Gasteiger charge is -2.11. The van der Waals surface area contributed by atoms with Crippen LogP contribution in [0.3, 0.4) is 0 Å². The second kappa shape index (κ2) is 7.13. The molecule has 0 fully saturated rings. The summed E-state index contributed by atoms with van der Waals surface area (Å²) >= 11 is 0. The van der Waals surface area contributed by atoms with E-state index in [-0.39, 0.29) is 0 Å². The molecule has 0 aliphatic rings. The maximum absolute atomic E-state index is 5.46. The Labute approximate surface area is 125 Å².